The van der Waals surface area contributed by atoms with E-state index >= 15 is 0 Å². The third-order valence-electron chi connectivity index (χ3n) is 6.89. The van der Waals surface area contributed by atoms with E-state index in [1.54, 1.807) is 16.9 Å². The summed E-state index contributed by atoms with van der Waals surface area (Å²) in [5.74, 6) is -0.905. The lowest BCUT2D eigenvalue weighted by Crippen LogP contribution is -2.45. The van der Waals surface area contributed by atoms with E-state index in [1.807, 2.05) is 47.5 Å². The fourth-order valence-electron chi connectivity index (χ4n) is 4.76. The standard InChI is InChI=1S/C29H33FN4O4/c1-38-29(37)26(20-34-19-24(18-31-34)23-7-3-2-4-8-23)32-27(35)17-22-12-14-33(15-13-22)28(36)11-10-21-6-5-9-25(30)16-21/h2-9,16,18-19,22,26H,10-15,17,20H2,1H3,(H,32,35). The average molecular weight is 521 g/mol. The molecular weight excluding hydrogens is 487 g/mol. The van der Waals surface area contributed by atoms with Gasteiger partial charge in [0.25, 0.3) is 0 Å². The normalized spacial score (nSPS) is 14.6. The molecule has 1 fully saturated rings. The maximum atomic E-state index is 13.4. The van der Waals surface area contributed by atoms with Crippen LogP contribution in [0.25, 0.3) is 11.1 Å². The molecule has 3 aromatic rings. The second-order valence-corrected chi connectivity index (χ2v) is 9.62. The molecule has 200 valence electrons. The summed E-state index contributed by atoms with van der Waals surface area (Å²) < 4.78 is 19.9. The molecule has 1 saturated heterocycles. The predicted octanol–water partition coefficient (Wildman–Crippen LogP) is 3.61. The van der Waals surface area contributed by atoms with Gasteiger partial charge in [-0.1, -0.05) is 42.5 Å². The highest BCUT2D eigenvalue weighted by Crippen LogP contribution is 2.22. The number of amides is 2. The number of carbonyl (C=O) groups is 3. The monoisotopic (exact) mass is 520 g/mol. The zero-order chi connectivity index (χ0) is 26.9. The lowest BCUT2D eigenvalue weighted by Gasteiger charge is -2.32. The minimum absolute atomic E-state index is 0.0389. The van der Waals surface area contributed by atoms with Crippen LogP contribution in [0.1, 0.15) is 31.2 Å². The van der Waals surface area contributed by atoms with Crippen molar-refractivity contribution in [3.05, 3.63) is 78.4 Å². The predicted molar refractivity (Wildman–Crippen MR) is 140 cm³/mol. The van der Waals surface area contributed by atoms with E-state index in [9.17, 15) is 18.8 Å². The second kappa shape index (κ2) is 13.0. The summed E-state index contributed by atoms with van der Waals surface area (Å²) >= 11 is 0. The molecule has 9 heteroatoms. The van der Waals surface area contributed by atoms with E-state index in [0.29, 0.717) is 38.8 Å². The topological polar surface area (TPSA) is 93.5 Å². The molecule has 1 atom stereocenters. The average Bonchev–Trinajstić information content (AvgIpc) is 3.40. The fourth-order valence-corrected chi connectivity index (χ4v) is 4.76. The Kier molecular flexibility index (Phi) is 9.24. The van der Waals surface area contributed by atoms with Gasteiger partial charge in [0.05, 0.1) is 19.9 Å². The van der Waals surface area contributed by atoms with E-state index in [4.69, 9.17) is 4.74 Å². The molecule has 0 saturated carbocycles. The minimum atomic E-state index is -0.861. The molecule has 0 spiro atoms. The van der Waals surface area contributed by atoms with Gasteiger partial charge in [0.1, 0.15) is 11.9 Å². The molecule has 38 heavy (non-hydrogen) atoms. The van der Waals surface area contributed by atoms with Crippen molar-refractivity contribution in [3.8, 4) is 11.1 Å². The number of aryl methyl sites for hydroxylation is 1. The molecule has 2 amide bonds. The van der Waals surface area contributed by atoms with Gasteiger partial charge in [-0.2, -0.15) is 5.10 Å². The number of piperidine rings is 1. The van der Waals surface area contributed by atoms with Gasteiger partial charge >= 0.3 is 5.97 Å². The lowest BCUT2D eigenvalue weighted by atomic mass is 9.92. The van der Waals surface area contributed by atoms with Crippen LogP contribution in [0, 0.1) is 11.7 Å². The Morgan fingerprint density at radius 2 is 1.84 bits per heavy atom. The number of methoxy groups -OCH3 is 1. The first-order valence-electron chi connectivity index (χ1n) is 12.9. The van der Waals surface area contributed by atoms with Crippen LogP contribution in [0.5, 0.6) is 0 Å². The van der Waals surface area contributed by atoms with Crippen molar-refractivity contribution in [1.29, 1.82) is 0 Å². The summed E-state index contributed by atoms with van der Waals surface area (Å²) in [5.41, 5.74) is 2.73. The van der Waals surface area contributed by atoms with Gasteiger partial charge in [0, 0.05) is 37.7 Å². The van der Waals surface area contributed by atoms with Crippen molar-refractivity contribution >= 4 is 17.8 Å². The maximum absolute atomic E-state index is 13.4. The number of esters is 1. The Morgan fingerprint density at radius 1 is 1.08 bits per heavy atom. The highest BCUT2D eigenvalue weighted by atomic mass is 19.1. The Morgan fingerprint density at radius 3 is 2.55 bits per heavy atom. The molecule has 1 aromatic heterocycles. The van der Waals surface area contributed by atoms with Gasteiger partial charge in [0.15, 0.2) is 0 Å². The van der Waals surface area contributed by atoms with Gasteiger partial charge in [-0.15, -0.1) is 0 Å². The van der Waals surface area contributed by atoms with Gasteiger partial charge in [-0.05, 0) is 48.4 Å². The minimum Gasteiger partial charge on any atom is -0.467 e. The Balaban J connectivity index is 1.24. The summed E-state index contributed by atoms with van der Waals surface area (Å²) in [7, 11) is 1.29. The quantitative estimate of drug-likeness (QED) is 0.412. The van der Waals surface area contributed by atoms with E-state index in [2.05, 4.69) is 10.4 Å². The van der Waals surface area contributed by atoms with E-state index in [1.165, 1.54) is 19.2 Å². The van der Waals surface area contributed by atoms with Crippen LogP contribution in [0.15, 0.2) is 67.0 Å². The van der Waals surface area contributed by atoms with Crippen LogP contribution < -0.4 is 5.32 Å². The van der Waals surface area contributed by atoms with Crippen molar-refractivity contribution in [2.45, 2.75) is 44.7 Å². The Labute approximate surface area is 221 Å². The van der Waals surface area contributed by atoms with Crippen molar-refractivity contribution in [1.82, 2.24) is 20.0 Å². The van der Waals surface area contributed by atoms with E-state index in [-0.39, 0.29) is 36.5 Å². The molecule has 4 rings (SSSR count). The Bertz CT molecular complexity index is 1240. The van der Waals surface area contributed by atoms with Crippen molar-refractivity contribution in [2.24, 2.45) is 5.92 Å². The zero-order valence-electron chi connectivity index (χ0n) is 21.5. The van der Waals surface area contributed by atoms with Crippen LogP contribution in [0.4, 0.5) is 4.39 Å². The van der Waals surface area contributed by atoms with Crippen LogP contribution in [-0.2, 0) is 32.1 Å². The zero-order valence-corrected chi connectivity index (χ0v) is 21.5. The van der Waals surface area contributed by atoms with Gasteiger partial charge < -0.3 is 15.0 Å². The lowest BCUT2D eigenvalue weighted by molar-refractivity contribution is -0.145. The molecular formula is C29H33FN4O4. The summed E-state index contributed by atoms with van der Waals surface area (Å²) in [6.07, 6.45) is 6.07. The van der Waals surface area contributed by atoms with Crippen LogP contribution in [0.2, 0.25) is 0 Å². The van der Waals surface area contributed by atoms with E-state index < -0.39 is 12.0 Å². The summed E-state index contributed by atoms with van der Waals surface area (Å²) in [4.78, 5) is 39.6. The third-order valence-corrected chi connectivity index (χ3v) is 6.89. The smallest absolute Gasteiger partial charge is 0.330 e. The summed E-state index contributed by atoms with van der Waals surface area (Å²) in [6.45, 7) is 1.31. The summed E-state index contributed by atoms with van der Waals surface area (Å²) in [6, 6.07) is 15.2. The number of hydrogen-bond donors (Lipinski definition) is 1. The number of likely N-dealkylation sites (tertiary alicyclic amines) is 1. The number of aromatic nitrogens is 2. The third kappa shape index (κ3) is 7.50. The number of nitrogens with zero attached hydrogens (tertiary/aromatic N) is 3. The molecule has 1 unspecified atom stereocenters. The van der Waals surface area contributed by atoms with Crippen molar-refractivity contribution < 1.29 is 23.5 Å². The van der Waals surface area contributed by atoms with Crippen LogP contribution in [0.3, 0.4) is 0 Å². The number of carbonyl (C=O) groups excluding carboxylic acids is 3. The molecule has 0 aliphatic carbocycles. The van der Waals surface area contributed by atoms with Crippen LogP contribution in [-0.4, -0.2) is 58.7 Å². The molecule has 0 bridgehead atoms. The largest absolute Gasteiger partial charge is 0.467 e. The number of rotatable bonds is 10. The number of nitrogens with one attached hydrogen (secondary N) is 1. The number of benzene rings is 2. The Hall–Kier alpha value is -4.01. The molecule has 1 aliphatic rings. The number of halogens is 1. The molecule has 2 heterocycles. The van der Waals surface area contributed by atoms with Crippen LogP contribution >= 0.6 is 0 Å². The van der Waals surface area contributed by atoms with Crippen molar-refractivity contribution in [3.63, 3.8) is 0 Å². The molecule has 2 aromatic carbocycles. The number of hydrogen-bond acceptors (Lipinski definition) is 5. The molecule has 8 nitrogen and oxygen atoms in total. The first kappa shape index (κ1) is 27.0. The van der Waals surface area contributed by atoms with Gasteiger partial charge in [-0.25, -0.2) is 9.18 Å². The van der Waals surface area contributed by atoms with E-state index in [0.717, 1.165) is 16.7 Å². The van der Waals surface area contributed by atoms with Gasteiger partial charge in [-0.3, -0.25) is 14.3 Å². The molecule has 1 aliphatic heterocycles. The first-order valence-corrected chi connectivity index (χ1v) is 12.9. The molecule has 0 radical (unpaired) electrons. The first-order chi connectivity index (χ1) is 18.4. The molecule has 1 N–H and O–H groups in total. The summed E-state index contributed by atoms with van der Waals surface area (Å²) in [5, 5.41) is 7.14. The SMILES string of the molecule is COC(=O)C(Cn1cc(-c2ccccc2)cn1)NC(=O)CC1CCN(C(=O)CCc2cccc(F)c2)CC1. The highest BCUT2D eigenvalue weighted by molar-refractivity contribution is 5.84. The van der Waals surface area contributed by atoms with Gasteiger partial charge in [0.2, 0.25) is 11.8 Å². The van der Waals surface area contributed by atoms with Crippen molar-refractivity contribution in [2.75, 3.05) is 20.2 Å². The second-order valence-electron chi connectivity index (χ2n) is 9.62. The fraction of sp³-hybridized carbons (Fsp3) is 0.379. The maximum Gasteiger partial charge on any atom is 0.330 e. The number of ether oxygens (including phenoxy) is 1. The highest BCUT2D eigenvalue weighted by Gasteiger charge is 2.27.